The van der Waals surface area contributed by atoms with Crippen molar-refractivity contribution in [1.82, 2.24) is 24.8 Å². The summed E-state index contributed by atoms with van der Waals surface area (Å²) in [6.45, 7) is 0.136. The molecule has 1 fully saturated rings. The van der Waals surface area contributed by atoms with Crippen molar-refractivity contribution in [3.8, 4) is 11.5 Å². The van der Waals surface area contributed by atoms with Gasteiger partial charge in [-0.2, -0.15) is 18.2 Å². The first-order chi connectivity index (χ1) is 25.9. The molecular weight excluding hydrogens is 713 g/mol. The van der Waals surface area contributed by atoms with E-state index in [4.69, 9.17) is 23.7 Å². The zero-order valence-electron chi connectivity index (χ0n) is 29.3. The Balaban J connectivity index is 1.36. The molecule has 2 aromatic heterocycles. The van der Waals surface area contributed by atoms with Gasteiger partial charge in [-0.25, -0.2) is 9.97 Å². The predicted octanol–water partition coefficient (Wildman–Crippen LogP) is 4.13. The van der Waals surface area contributed by atoms with E-state index in [2.05, 4.69) is 20.3 Å². The molecule has 6 rings (SSSR count). The van der Waals surface area contributed by atoms with Gasteiger partial charge < -0.3 is 34.1 Å². The van der Waals surface area contributed by atoms with E-state index in [0.29, 0.717) is 17.0 Å². The summed E-state index contributed by atoms with van der Waals surface area (Å²) in [5, 5.41) is 16.1. The van der Waals surface area contributed by atoms with E-state index in [-0.39, 0.29) is 18.2 Å². The van der Waals surface area contributed by atoms with Crippen LogP contribution in [0.2, 0.25) is 0 Å². The van der Waals surface area contributed by atoms with Crippen LogP contribution in [0, 0.1) is 0 Å². The van der Waals surface area contributed by atoms with Gasteiger partial charge in [0.15, 0.2) is 11.9 Å². The molecule has 2 amide bonds. The molecule has 4 atom stereocenters. The summed E-state index contributed by atoms with van der Waals surface area (Å²) in [4.78, 5) is 36.0. The molecule has 14 nitrogen and oxygen atoms in total. The topological polar surface area (TPSA) is 168 Å². The molecule has 1 aliphatic heterocycles. The monoisotopic (exact) mass is 750 g/mol. The third-order valence-corrected chi connectivity index (χ3v) is 8.78. The summed E-state index contributed by atoms with van der Waals surface area (Å²) in [5.74, 6) is -1.32. The van der Waals surface area contributed by atoms with E-state index in [1.165, 1.54) is 24.0 Å². The summed E-state index contributed by atoms with van der Waals surface area (Å²) < 4.78 is 70.1. The number of methoxy groups -OCH3 is 2. The van der Waals surface area contributed by atoms with Crippen LogP contribution in [-0.4, -0.2) is 94.9 Å². The van der Waals surface area contributed by atoms with Gasteiger partial charge in [-0.05, 0) is 41.0 Å². The molecule has 0 radical (unpaired) electrons. The fourth-order valence-electron chi connectivity index (χ4n) is 6.23. The number of aliphatic hydroxyl groups excluding tert-OH is 1. The number of hydrogen-bond acceptors (Lipinski definition) is 11. The van der Waals surface area contributed by atoms with Gasteiger partial charge in [-0.15, -0.1) is 0 Å². The Kier molecular flexibility index (Phi) is 11.4. The van der Waals surface area contributed by atoms with Crippen LogP contribution < -0.4 is 20.1 Å². The van der Waals surface area contributed by atoms with Crippen LogP contribution >= 0.6 is 0 Å². The van der Waals surface area contributed by atoms with Gasteiger partial charge >= 0.3 is 12.1 Å². The van der Waals surface area contributed by atoms with E-state index >= 15 is 0 Å². The Labute approximate surface area is 307 Å². The number of nitrogens with one attached hydrogen (secondary N) is 2. The fraction of sp³-hybridized carbons (Fsp3) is 0.324. The number of hydrogen-bond donors (Lipinski definition) is 3. The lowest BCUT2D eigenvalue weighted by molar-refractivity contribution is -0.174. The van der Waals surface area contributed by atoms with Crippen LogP contribution in [0.1, 0.15) is 29.8 Å². The number of fused-ring (bicyclic) bond motifs is 1. The van der Waals surface area contributed by atoms with Gasteiger partial charge in [-0.3, -0.25) is 19.5 Å². The minimum absolute atomic E-state index is 0.0193. The lowest BCUT2D eigenvalue weighted by Gasteiger charge is -2.37. The van der Waals surface area contributed by atoms with Gasteiger partial charge in [0.1, 0.15) is 40.9 Å². The van der Waals surface area contributed by atoms with Gasteiger partial charge in [0.05, 0.1) is 40.0 Å². The summed E-state index contributed by atoms with van der Waals surface area (Å²) >= 11 is 0. The number of anilines is 1. The molecule has 3 N–H and O–H groups in total. The number of nitrogens with zero attached hydrogens (tertiary/aromatic N) is 4. The third-order valence-electron chi connectivity index (χ3n) is 8.78. The highest BCUT2D eigenvalue weighted by Crippen LogP contribution is 2.43. The number of halogens is 3. The number of alkyl halides is 3. The lowest BCUT2D eigenvalue weighted by Crippen LogP contribution is -2.42. The van der Waals surface area contributed by atoms with Crippen molar-refractivity contribution < 1.29 is 51.6 Å². The molecule has 1 saturated heterocycles. The number of rotatable bonds is 14. The summed E-state index contributed by atoms with van der Waals surface area (Å²) in [6.07, 6.45) is -7.18. The molecule has 0 saturated carbocycles. The zero-order chi connectivity index (χ0) is 38.5. The molecule has 0 unspecified atom stereocenters. The Morgan fingerprint density at radius 2 is 1.52 bits per heavy atom. The Morgan fingerprint density at radius 1 is 0.907 bits per heavy atom. The first-order valence-corrected chi connectivity index (χ1v) is 16.7. The largest absolute Gasteiger partial charge is 0.497 e. The van der Waals surface area contributed by atoms with Crippen LogP contribution in [0.4, 0.5) is 19.1 Å². The van der Waals surface area contributed by atoms with Gasteiger partial charge in [-0.1, -0.05) is 54.6 Å². The van der Waals surface area contributed by atoms with E-state index in [1.807, 2.05) is 54.6 Å². The highest BCUT2D eigenvalue weighted by molar-refractivity contribution is 5.87. The number of aliphatic hydroxyl groups is 1. The van der Waals surface area contributed by atoms with E-state index in [1.54, 1.807) is 43.8 Å². The van der Waals surface area contributed by atoms with Crippen LogP contribution in [-0.2, 0) is 29.4 Å². The molecule has 5 aromatic rings. The van der Waals surface area contributed by atoms with Crippen molar-refractivity contribution in [2.75, 3.05) is 39.3 Å². The second kappa shape index (κ2) is 16.2. The van der Waals surface area contributed by atoms with E-state index in [0.717, 1.165) is 16.7 Å². The Morgan fingerprint density at radius 3 is 2.09 bits per heavy atom. The quantitative estimate of drug-likeness (QED) is 0.110. The average molecular weight is 751 g/mol. The SMILES string of the molecule is COc1ccc(C(OC[C@H]2O[C@@H](n3cnc4cnc(NC(C)=O)nc43)[C@H](OCCNC(=O)C(F)(F)F)[C@@H]2O)(c2ccccc2)c2ccc(OC)cc2)cc1. The average Bonchev–Trinajstić information content (AvgIpc) is 3.73. The molecular formula is C37H37F3N6O8. The number of aromatic nitrogens is 4. The van der Waals surface area contributed by atoms with Gasteiger partial charge in [0.25, 0.3) is 0 Å². The maximum absolute atomic E-state index is 12.8. The first-order valence-electron chi connectivity index (χ1n) is 16.7. The number of benzene rings is 3. The second-order valence-corrected chi connectivity index (χ2v) is 12.2. The van der Waals surface area contributed by atoms with Crippen molar-refractivity contribution in [2.45, 2.75) is 43.2 Å². The van der Waals surface area contributed by atoms with Crippen molar-refractivity contribution in [1.29, 1.82) is 0 Å². The standard InChI is InChI=1S/C37H37F3N6O8/c1-22(47)44-35-42-19-28-32(45-35)46(21-43-28)33-31(52-18-17-41-34(49)37(38,39)40)30(48)29(54-33)20-53-36(23-7-5-4-6-8-23,24-9-13-26(50-2)14-10-24)25-11-15-27(51-3)16-12-25/h4-16,19,21,29-31,33,48H,17-18,20H2,1-3H3,(H,41,49)(H,42,44,45,47)/t29-,30-,31-,33-/m1/s1. The minimum Gasteiger partial charge on any atom is -0.497 e. The Bertz CT molecular complexity index is 2000. The van der Waals surface area contributed by atoms with Gasteiger partial charge in [0.2, 0.25) is 11.9 Å². The summed E-state index contributed by atoms with van der Waals surface area (Å²) in [5.41, 5.74) is 1.45. The summed E-state index contributed by atoms with van der Waals surface area (Å²) in [7, 11) is 3.13. The highest BCUT2D eigenvalue weighted by atomic mass is 19.4. The zero-order valence-corrected chi connectivity index (χ0v) is 29.3. The van der Waals surface area contributed by atoms with Crippen LogP contribution in [0.15, 0.2) is 91.4 Å². The Hall–Kier alpha value is -5.62. The predicted molar refractivity (Wildman–Crippen MR) is 187 cm³/mol. The number of carbonyl (C=O) groups excluding carboxylic acids is 2. The molecule has 284 valence electrons. The first kappa shape index (κ1) is 38.1. The minimum atomic E-state index is -5.08. The number of carbonyl (C=O) groups is 2. The number of ether oxygens (including phenoxy) is 5. The molecule has 1 aliphatic rings. The molecule has 54 heavy (non-hydrogen) atoms. The van der Waals surface area contributed by atoms with Crippen molar-refractivity contribution in [2.24, 2.45) is 0 Å². The molecule has 0 spiro atoms. The maximum atomic E-state index is 12.8. The van der Waals surface area contributed by atoms with E-state index < -0.39 is 61.3 Å². The van der Waals surface area contributed by atoms with Crippen LogP contribution in [0.3, 0.4) is 0 Å². The molecule has 3 heterocycles. The fourth-order valence-corrected chi connectivity index (χ4v) is 6.23. The third kappa shape index (κ3) is 7.98. The van der Waals surface area contributed by atoms with Crippen molar-refractivity contribution >= 4 is 28.9 Å². The maximum Gasteiger partial charge on any atom is 0.471 e. The second-order valence-electron chi connectivity index (χ2n) is 12.2. The van der Waals surface area contributed by atoms with Crippen LogP contribution in [0.5, 0.6) is 11.5 Å². The number of amides is 2. The number of imidazole rings is 1. The molecule has 0 aliphatic carbocycles. The highest BCUT2D eigenvalue weighted by Gasteiger charge is 2.48. The van der Waals surface area contributed by atoms with Crippen molar-refractivity contribution in [3.63, 3.8) is 0 Å². The molecule has 17 heteroatoms. The molecule has 3 aromatic carbocycles. The van der Waals surface area contributed by atoms with Crippen LogP contribution in [0.25, 0.3) is 11.2 Å². The summed E-state index contributed by atoms with van der Waals surface area (Å²) in [6, 6.07) is 24.2. The van der Waals surface area contributed by atoms with E-state index in [9.17, 15) is 27.9 Å². The lowest BCUT2D eigenvalue weighted by atomic mass is 9.80. The van der Waals surface area contributed by atoms with Gasteiger partial charge in [0, 0.05) is 13.5 Å². The normalized spacial score (nSPS) is 18.7. The molecule has 0 bridgehead atoms. The van der Waals surface area contributed by atoms with Crippen molar-refractivity contribution in [3.05, 3.63) is 108 Å². The smallest absolute Gasteiger partial charge is 0.471 e.